The Bertz CT molecular complexity index is 1280. The second kappa shape index (κ2) is 26.0. The highest BCUT2D eigenvalue weighted by molar-refractivity contribution is 6.18. The summed E-state index contributed by atoms with van der Waals surface area (Å²) < 4.78 is 5.72. The van der Waals surface area contributed by atoms with E-state index in [2.05, 4.69) is 40.5 Å². The minimum absolute atomic E-state index is 0.0533. The van der Waals surface area contributed by atoms with Gasteiger partial charge in [0.2, 0.25) is 0 Å². The van der Waals surface area contributed by atoms with Crippen molar-refractivity contribution in [3.05, 3.63) is 95.1 Å². The molecule has 0 aliphatic carbocycles. The summed E-state index contributed by atoms with van der Waals surface area (Å²) in [7, 11) is 0. The average molecular weight is 721 g/mol. The molecule has 2 atom stereocenters. The van der Waals surface area contributed by atoms with E-state index in [0.29, 0.717) is 35.9 Å². The van der Waals surface area contributed by atoms with Gasteiger partial charge in [-0.05, 0) is 86.0 Å². The fourth-order valence-electron chi connectivity index (χ4n) is 5.14. The molecule has 0 saturated carbocycles. The molecule has 0 saturated heterocycles. The van der Waals surface area contributed by atoms with Crippen molar-refractivity contribution >= 4 is 34.9 Å². The molecule has 3 aromatic carbocycles. The van der Waals surface area contributed by atoms with Crippen LogP contribution in [0.5, 0.6) is 5.75 Å². The predicted molar refractivity (Wildman–Crippen MR) is 200 cm³/mol. The number of hydrogen-bond acceptors (Lipinski definition) is 8. The Morgan fingerprint density at radius 3 is 2.14 bits per heavy atom. The number of unbranched alkanes of at least 4 members (excludes halogenated alkanes) is 4. The molecule has 3 rings (SSSR count). The quantitative estimate of drug-likeness (QED) is 0.0482. The zero-order valence-electron chi connectivity index (χ0n) is 28.5. The molecular formula is C38H55Cl2N3O6. The second-order valence-corrected chi connectivity index (χ2v) is 12.7. The van der Waals surface area contributed by atoms with Crippen LogP contribution in [0, 0.1) is 0 Å². The van der Waals surface area contributed by atoms with Gasteiger partial charge in [-0.15, -0.1) is 23.2 Å². The molecule has 7 N–H and O–H groups in total. The number of rotatable bonds is 24. The Labute approximate surface area is 302 Å². The fourth-order valence-corrected chi connectivity index (χ4v) is 5.55. The van der Waals surface area contributed by atoms with Crippen LogP contribution in [-0.2, 0) is 29.0 Å². The first-order chi connectivity index (χ1) is 23.8. The van der Waals surface area contributed by atoms with E-state index < -0.39 is 18.1 Å². The van der Waals surface area contributed by atoms with Gasteiger partial charge in [-0.25, -0.2) is 0 Å². The molecule has 1 unspecified atom stereocenters. The minimum atomic E-state index is -0.991. The Morgan fingerprint density at radius 2 is 1.51 bits per heavy atom. The van der Waals surface area contributed by atoms with E-state index in [4.69, 9.17) is 38.8 Å². The molecule has 0 aliphatic heterocycles. The summed E-state index contributed by atoms with van der Waals surface area (Å²) in [5, 5.41) is 41.0. The van der Waals surface area contributed by atoms with E-state index in [1.54, 1.807) is 12.1 Å². The van der Waals surface area contributed by atoms with E-state index in [9.17, 15) is 20.1 Å². The summed E-state index contributed by atoms with van der Waals surface area (Å²) in [6.07, 6.45) is 7.56. The van der Waals surface area contributed by atoms with Gasteiger partial charge in [-0.2, -0.15) is 0 Å². The first-order valence-electron chi connectivity index (χ1n) is 17.2. The molecule has 0 amide bonds. The summed E-state index contributed by atoms with van der Waals surface area (Å²) in [4.78, 5) is 12.8. The number of nitrogens with zero attached hydrogens (tertiary/aromatic N) is 1. The molecule has 3 aromatic rings. The number of aliphatic hydroxyl groups excluding tert-OH is 2. The van der Waals surface area contributed by atoms with Crippen molar-refractivity contribution in [2.75, 3.05) is 56.1 Å². The van der Waals surface area contributed by atoms with Crippen molar-refractivity contribution in [1.29, 1.82) is 0 Å². The highest BCUT2D eigenvalue weighted by Gasteiger charge is 2.13. The molecule has 11 heteroatoms. The number of nitrogens with one attached hydrogen (secondary N) is 1. The van der Waals surface area contributed by atoms with Crippen molar-refractivity contribution in [2.45, 2.75) is 70.1 Å². The number of nitrogens with two attached hydrogens (primary N) is 1. The molecule has 0 bridgehead atoms. The predicted octanol–water partition coefficient (Wildman–Crippen LogP) is 6.03. The van der Waals surface area contributed by atoms with Crippen molar-refractivity contribution < 1.29 is 30.0 Å². The van der Waals surface area contributed by atoms with Crippen LogP contribution in [0.4, 0.5) is 5.69 Å². The number of phenols is 1. The van der Waals surface area contributed by atoms with Crippen LogP contribution < -0.4 is 16.0 Å². The topological polar surface area (TPSA) is 149 Å². The number of benzene rings is 3. The number of aromatic hydroxyl groups is 1. The van der Waals surface area contributed by atoms with Crippen molar-refractivity contribution in [3.8, 4) is 5.75 Å². The molecule has 0 aliphatic rings. The number of aliphatic carboxylic acids is 1. The summed E-state index contributed by atoms with van der Waals surface area (Å²) in [6.45, 7) is 4.22. The van der Waals surface area contributed by atoms with Gasteiger partial charge in [0.15, 0.2) is 0 Å². The lowest BCUT2D eigenvalue weighted by Gasteiger charge is -2.23. The number of alkyl halides is 2. The van der Waals surface area contributed by atoms with E-state index in [1.165, 1.54) is 18.1 Å². The fraction of sp³-hybridized carbons (Fsp3) is 0.500. The first kappa shape index (κ1) is 42.3. The number of aryl methyl sites for hydroxylation is 1. The summed E-state index contributed by atoms with van der Waals surface area (Å²) in [5.41, 5.74) is 9.95. The van der Waals surface area contributed by atoms with Crippen LogP contribution in [0.25, 0.3) is 0 Å². The smallest absolute Gasteiger partial charge is 0.320 e. The number of anilines is 1. The molecular weight excluding hydrogens is 665 g/mol. The maximum absolute atomic E-state index is 10.7. The van der Waals surface area contributed by atoms with E-state index in [-0.39, 0.29) is 12.4 Å². The zero-order valence-corrected chi connectivity index (χ0v) is 30.0. The van der Waals surface area contributed by atoms with Gasteiger partial charge in [0.25, 0.3) is 0 Å². The molecule has 49 heavy (non-hydrogen) atoms. The van der Waals surface area contributed by atoms with Gasteiger partial charge in [0.1, 0.15) is 11.8 Å². The molecule has 0 fully saturated rings. The lowest BCUT2D eigenvalue weighted by molar-refractivity contribution is -0.138. The monoisotopic (exact) mass is 719 g/mol. The van der Waals surface area contributed by atoms with Crippen LogP contribution >= 0.6 is 23.2 Å². The van der Waals surface area contributed by atoms with Gasteiger partial charge in [-0.3, -0.25) is 4.79 Å². The average Bonchev–Trinajstić information content (AvgIpc) is 3.11. The maximum Gasteiger partial charge on any atom is 0.320 e. The van der Waals surface area contributed by atoms with E-state index in [0.717, 1.165) is 82.6 Å². The summed E-state index contributed by atoms with van der Waals surface area (Å²) in [5.74, 6) is 0.123. The van der Waals surface area contributed by atoms with Crippen LogP contribution in [0.3, 0.4) is 0 Å². The number of carboxylic acid groups (broad SMARTS) is 1. The van der Waals surface area contributed by atoms with Crippen LogP contribution in [-0.4, -0.2) is 83.6 Å². The minimum Gasteiger partial charge on any atom is -0.508 e. The number of hydrogen-bond donors (Lipinski definition) is 6. The normalized spacial score (nSPS) is 12.2. The first-order valence-corrected chi connectivity index (χ1v) is 18.2. The highest BCUT2D eigenvalue weighted by Crippen LogP contribution is 2.22. The van der Waals surface area contributed by atoms with Crippen LogP contribution in [0.15, 0.2) is 72.8 Å². The number of halogens is 2. The van der Waals surface area contributed by atoms with Crippen LogP contribution in [0.2, 0.25) is 0 Å². The maximum atomic E-state index is 10.7. The zero-order chi connectivity index (χ0) is 35.7. The van der Waals surface area contributed by atoms with Gasteiger partial charge >= 0.3 is 5.97 Å². The van der Waals surface area contributed by atoms with Crippen molar-refractivity contribution in [3.63, 3.8) is 0 Å². The lowest BCUT2D eigenvalue weighted by Crippen LogP contribution is -2.32. The third-order valence-corrected chi connectivity index (χ3v) is 8.36. The SMILES string of the molecule is N[C@@H](Cc1ccc(N(CCCl)CCCl)cc1)C(=O)O.OCc1cc(C(O)CNCCCCCCOCCCCc2ccccc2)ccc1O. The third-order valence-electron chi connectivity index (χ3n) is 8.02. The second-order valence-electron chi connectivity index (χ2n) is 11.9. The molecule has 0 heterocycles. The molecule has 272 valence electrons. The molecule has 0 spiro atoms. The number of aliphatic hydroxyl groups is 2. The molecule has 9 nitrogen and oxygen atoms in total. The number of carboxylic acids is 1. The Kier molecular flexibility index (Phi) is 22.4. The Morgan fingerprint density at radius 1 is 0.857 bits per heavy atom. The largest absolute Gasteiger partial charge is 0.508 e. The lowest BCUT2D eigenvalue weighted by atomic mass is 10.1. The van der Waals surface area contributed by atoms with E-state index in [1.807, 2.05) is 24.3 Å². The van der Waals surface area contributed by atoms with E-state index >= 15 is 0 Å². The Balaban J connectivity index is 0.000000377. The summed E-state index contributed by atoms with van der Waals surface area (Å²) in [6, 6.07) is 22.2. The summed E-state index contributed by atoms with van der Waals surface area (Å²) >= 11 is 11.5. The van der Waals surface area contributed by atoms with Gasteiger partial charge in [0, 0.05) is 55.9 Å². The molecule has 0 aromatic heterocycles. The van der Waals surface area contributed by atoms with Gasteiger partial charge in [0.05, 0.1) is 12.7 Å². The third kappa shape index (κ3) is 18.1. The molecule has 0 radical (unpaired) electrons. The van der Waals surface area contributed by atoms with Gasteiger partial charge < -0.3 is 41.1 Å². The number of carbonyl (C=O) groups is 1. The van der Waals surface area contributed by atoms with Crippen LogP contribution in [0.1, 0.15) is 66.9 Å². The highest BCUT2D eigenvalue weighted by atomic mass is 35.5. The standard InChI is InChI=1S/C25H37NO4.C13H18Cl2N2O2/c27-20-23-18-22(13-14-24(23)28)25(29)19-26-15-7-1-2-8-16-30-17-9-6-12-21-10-4-3-5-11-21;14-5-7-17(8-6-15)11-3-1-10(2-4-11)9-12(16)13(18)19/h3-5,10-11,13-14,18,25-29H,1-2,6-9,12,15-17,19-20H2;1-4,12H,5-9,16H2,(H,18,19)/t;12-/m.0/s1. The number of ether oxygens (including phenoxy) is 1. The van der Waals surface area contributed by atoms with Crippen molar-refractivity contribution in [1.82, 2.24) is 5.32 Å². The van der Waals surface area contributed by atoms with Gasteiger partial charge in [-0.1, -0.05) is 61.4 Å². The van der Waals surface area contributed by atoms with Crippen molar-refractivity contribution in [2.24, 2.45) is 5.73 Å². The Hall–Kier alpha value is -2.89.